The maximum Gasteiger partial charge on any atom is 0.270 e. The van der Waals surface area contributed by atoms with E-state index in [9.17, 15) is 14.7 Å². The predicted octanol–water partition coefficient (Wildman–Crippen LogP) is 4.36. The second-order valence-corrected chi connectivity index (χ2v) is 16.3. The van der Waals surface area contributed by atoms with Crippen LogP contribution >= 0.6 is 22.6 Å². The number of pyridine rings is 1. The molecular weight excluding hydrogens is 613 g/mol. The van der Waals surface area contributed by atoms with Gasteiger partial charge in [-0.15, -0.1) is 0 Å². The van der Waals surface area contributed by atoms with E-state index in [0.29, 0.717) is 32.6 Å². The smallest absolute Gasteiger partial charge is 0.270 e. The molecule has 1 saturated heterocycles. The van der Waals surface area contributed by atoms with Gasteiger partial charge >= 0.3 is 0 Å². The number of carbonyl (C=O) groups excluding carboxylic acids is 1. The molecule has 1 aromatic carbocycles. The van der Waals surface area contributed by atoms with Crippen molar-refractivity contribution in [1.82, 2.24) is 14.4 Å². The summed E-state index contributed by atoms with van der Waals surface area (Å²) in [7, 11) is 3.83. The Labute approximate surface area is 249 Å². The van der Waals surface area contributed by atoms with Crippen LogP contribution in [0.15, 0.2) is 41.3 Å². The minimum absolute atomic E-state index is 0.0113. The average Bonchev–Trinajstić information content (AvgIpc) is 3.41. The summed E-state index contributed by atoms with van der Waals surface area (Å²) >= 11 is 2.69. The topological polar surface area (TPSA) is 65.8 Å². The van der Waals surface area contributed by atoms with Gasteiger partial charge in [-0.3, -0.25) is 9.59 Å². The molecule has 8 atom stereocenters. The first-order chi connectivity index (χ1) is 19.1. The third-order valence-corrected chi connectivity index (χ3v) is 15.3. The van der Waals surface area contributed by atoms with Gasteiger partial charge in [0.1, 0.15) is 11.4 Å². The third kappa shape index (κ3) is 2.67. The van der Waals surface area contributed by atoms with E-state index >= 15 is 0 Å². The number of aromatic hydroxyl groups is 1. The Bertz CT molecular complexity index is 1550. The Balaban J connectivity index is 1.19. The van der Waals surface area contributed by atoms with E-state index in [2.05, 4.69) is 39.6 Å². The second-order valence-electron chi connectivity index (χ2n) is 14.9. The molecule has 1 aromatic heterocycles. The number of rotatable bonds is 4. The van der Waals surface area contributed by atoms with Crippen molar-refractivity contribution in [2.24, 2.45) is 41.0 Å². The van der Waals surface area contributed by atoms with Gasteiger partial charge in [-0.1, -0.05) is 28.7 Å². The lowest BCUT2D eigenvalue weighted by atomic mass is 9.44. The van der Waals surface area contributed by atoms with Crippen molar-refractivity contribution in [1.29, 1.82) is 0 Å². The fourth-order valence-corrected chi connectivity index (χ4v) is 14.0. The molecule has 6 fully saturated rings. The summed E-state index contributed by atoms with van der Waals surface area (Å²) in [5.74, 6) is 2.33. The van der Waals surface area contributed by atoms with Gasteiger partial charge < -0.3 is 19.5 Å². The number of likely N-dealkylation sites (tertiary alicyclic amines) is 1. The van der Waals surface area contributed by atoms with E-state index in [1.165, 1.54) is 81.4 Å². The molecule has 1 N–H and O–H groups in total. The van der Waals surface area contributed by atoms with Gasteiger partial charge in [0.25, 0.3) is 5.91 Å². The number of aromatic nitrogens is 1. The first-order valence-electron chi connectivity index (χ1n) is 15.3. The van der Waals surface area contributed by atoms with Crippen LogP contribution in [0.25, 0.3) is 0 Å². The van der Waals surface area contributed by atoms with Gasteiger partial charge in [0.2, 0.25) is 0 Å². The van der Waals surface area contributed by atoms with Crippen LogP contribution in [0.5, 0.6) is 5.75 Å². The first kappa shape index (κ1) is 24.7. The van der Waals surface area contributed by atoms with Crippen LogP contribution in [0, 0.1) is 34.0 Å². The molecule has 2 heterocycles. The molecule has 210 valence electrons. The monoisotopic (exact) mass is 651 g/mol. The lowest BCUT2D eigenvalue weighted by molar-refractivity contribution is -0.0776. The first-order valence-corrected chi connectivity index (χ1v) is 16.5. The summed E-state index contributed by atoms with van der Waals surface area (Å²) in [5, 5.41) is 10.8. The highest BCUT2D eigenvalue weighted by atomic mass is 127. The van der Waals surface area contributed by atoms with Crippen LogP contribution in [0.3, 0.4) is 0 Å². The number of amides is 1. The number of hydrogen-bond donors (Lipinski definition) is 1. The van der Waals surface area contributed by atoms with Crippen LogP contribution in [0.1, 0.15) is 60.1 Å². The van der Waals surface area contributed by atoms with Crippen LogP contribution in [-0.4, -0.2) is 62.0 Å². The zero-order valence-electron chi connectivity index (χ0n) is 23.4. The third-order valence-electron chi connectivity index (χ3n) is 13.4. The Hall–Kier alpha value is -1.87. The SMILES string of the molecule is CN(C(=O)c1cc(=O)ccn1C)C1C(I)C23CCC4(C2)C2CN(CC5CC5)CC25Cc2ccc(O)cc2C4(C5)C13. The quantitative estimate of drug-likeness (QED) is 0.395. The molecule has 1 amide bonds. The summed E-state index contributed by atoms with van der Waals surface area (Å²) in [6.45, 7) is 3.73. The van der Waals surface area contributed by atoms with Crippen molar-refractivity contribution in [3.05, 3.63) is 63.6 Å². The summed E-state index contributed by atoms with van der Waals surface area (Å²) in [4.78, 5) is 31.1. The summed E-state index contributed by atoms with van der Waals surface area (Å²) in [5.41, 5.74) is 4.02. The number of phenols is 1. The van der Waals surface area contributed by atoms with E-state index in [4.69, 9.17) is 0 Å². The lowest BCUT2D eigenvalue weighted by Crippen LogP contribution is -2.71. The molecule has 5 saturated carbocycles. The zero-order chi connectivity index (χ0) is 27.4. The highest BCUT2D eigenvalue weighted by Gasteiger charge is 2.89. The van der Waals surface area contributed by atoms with E-state index in [1.807, 2.05) is 25.1 Å². The molecule has 6 aliphatic carbocycles. The molecule has 4 bridgehead atoms. The van der Waals surface area contributed by atoms with Crippen molar-refractivity contribution in [2.45, 2.75) is 60.3 Å². The molecule has 9 rings (SSSR count). The van der Waals surface area contributed by atoms with Crippen molar-refractivity contribution >= 4 is 28.5 Å². The maximum atomic E-state index is 14.0. The standard InChI is InChI=1S/C33H38IN3O3/c1-35-10-7-22(39)12-24(35)29(40)36(2)26-27-31(28(26)34)8-9-32(17-31)25-15-37(14-19-3-4-19)18-30(25)13-20-5-6-21(38)11-23(20)33(27,32)16-30/h5-7,10-12,19,25-28,38H,3-4,8-9,13-18H2,1-2H3. The van der Waals surface area contributed by atoms with Crippen LogP contribution in [0.2, 0.25) is 0 Å². The van der Waals surface area contributed by atoms with Crippen molar-refractivity contribution in [2.75, 3.05) is 26.7 Å². The van der Waals surface area contributed by atoms with Crippen molar-refractivity contribution < 1.29 is 9.90 Å². The van der Waals surface area contributed by atoms with E-state index in [-0.39, 0.29) is 33.6 Å². The number of hydrogen-bond acceptors (Lipinski definition) is 4. The predicted molar refractivity (Wildman–Crippen MR) is 161 cm³/mol. The summed E-state index contributed by atoms with van der Waals surface area (Å²) in [6, 6.07) is 9.40. The number of nitrogens with zero attached hydrogens (tertiary/aromatic N) is 3. The molecule has 7 aliphatic rings. The fraction of sp³-hybridized carbons (Fsp3) is 0.636. The van der Waals surface area contributed by atoms with E-state index in [0.717, 1.165) is 12.3 Å². The van der Waals surface area contributed by atoms with Crippen molar-refractivity contribution in [3.8, 4) is 5.75 Å². The van der Waals surface area contributed by atoms with Gasteiger partial charge in [0, 0.05) is 67.4 Å². The van der Waals surface area contributed by atoms with Gasteiger partial charge in [0.05, 0.1) is 0 Å². The Kier molecular flexibility index (Phi) is 4.66. The van der Waals surface area contributed by atoms with Crippen LogP contribution in [0.4, 0.5) is 0 Å². The second kappa shape index (κ2) is 7.55. The Morgan fingerprint density at radius 1 is 1.18 bits per heavy atom. The lowest BCUT2D eigenvalue weighted by Gasteiger charge is -2.66. The number of fused-ring (bicyclic) bond motifs is 1. The molecule has 7 heteroatoms. The molecular formula is C33H38IN3O3. The largest absolute Gasteiger partial charge is 0.508 e. The fourth-order valence-electron chi connectivity index (χ4n) is 12.1. The average molecular weight is 652 g/mol. The van der Waals surface area contributed by atoms with Gasteiger partial charge in [-0.2, -0.15) is 0 Å². The minimum Gasteiger partial charge on any atom is -0.508 e. The Morgan fingerprint density at radius 2 is 2.00 bits per heavy atom. The highest BCUT2D eigenvalue weighted by molar-refractivity contribution is 14.1. The van der Waals surface area contributed by atoms with Gasteiger partial charge in [-0.05, 0) is 102 Å². The molecule has 1 aliphatic heterocycles. The molecule has 4 spiro atoms. The molecule has 40 heavy (non-hydrogen) atoms. The number of phenolic OH excluding ortho intramolecular Hbond substituents is 1. The van der Waals surface area contributed by atoms with Gasteiger partial charge in [-0.25, -0.2) is 0 Å². The Morgan fingerprint density at radius 3 is 2.80 bits per heavy atom. The molecule has 6 nitrogen and oxygen atoms in total. The number of carbonyl (C=O) groups is 1. The number of aryl methyl sites for hydroxylation is 1. The van der Waals surface area contributed by atoms with Crippen LogP contribution in [-0.2, 0) is 18.9 Å². The number of alkyl halides is 1. The highest BCUT2D eigenvalue weighted by Crippen LogP contribution is 2.90. The molecule has 2 aromatic rings. The van der Waals surface area contributed by atoms with Crippen LogP contribution < -0.4 is 5.43 Å². The number of benzene rings is 1. The van der Waals surface area contributed by atoms with E-state index < -0.39 is 0 Å². The summed E-state index contributed by atoms with van der Waals surface area (Å²) < 4.78 is 2.18. The minimum atomic E-state index is -0.124. The summed E-state index contributed by atoms with van der Waals surface area (Å²) in [6.07, 6.45) is 10.7. The van der Waals surface area contributed by atoms with Gasteiger partial charge in [0.15, 0.2) is 5.43 Å². The molecule has 0 radical (unpaired) electrons. The number of halogens is 1. The zero-order valence-corrected chi connectivity index (χ0v) is 25.6. The molecule has 8 unspecified atom stereocenters. The van der Waals surface area contributed by atoms with E-state index in [1.54, 1.807) is 10.8 Å². The normalized spacial score (nSPS) is 43.6. The van der Waals surface area contributed by atoms with Crippen molar-refractivity contribution in [3.63, 3.8) is 0 Å². The maximum absolute atomic E-state index is 14.0.